The van der Waals surface area contributed by atoms with Crippen LogP contribution in [0.1, 0.15) is 5.56 Å². The highest BCUT2D eigenvalue weighted by molar-refractivity contribution is 14.0. The number of benzene rings is 1. The van der Waals surface area contributed by atoms with Gasteiger partial charge >= 0.3 is 0 Å². The molecule has 0 spiro atoms. The maximum atomic E-state index is 5.32. The van der Waals surface area contributed by atoms with Gasteiger partial charge in [0.2, 0.25) is 5.88 Å². The van der Waals surface area contributed by atoms with Crippen LogP contribution in [0.4, 0.5) is 5.69 Å². The van der Waals surface area contributed by atoms with Crippen molar-refractivity contribution in [1.29, 1.82) is 0 Å². The predicted octanol–water partition coefficient (Wildman–Crippen LogP) is 2.61. The molecule has 0 radical (unpaired) electrons. The second-order valence-electron chi connectivity index (χ2n) is 6.24. The minimum Gasteiger partial charge on any atom is -0.497 e. The average molecular weight is 497 g/mol. The quantitative estimate of drug-likeness (QED) is 0.390. The molecule has 0 unspecified atom stereocenters. The number of rotatable bonds is 5. The number of aromatic nitrogens is 1. The number of halogens is 1. The van der Waals surface area contributed by atoms with Crippen molar-refractivity contribution in [3.8, 4) is 11.6 Å². The molecule has 1 N–H and O–H groups in total. The zero-order valence-corrected chi connectivity index (χ0v) is 18.9. The Morgan fingerprint density at radius 3 is 2.39 bits per heavy atom. The van der Waals surface area contributed by atoms with Gasteiger partial charge in [0, 0.05) is 57.2 Å². The summed E-state index contributed by atoms with van der Waals surface area (Å²) in [6, 6.07) is 12.1. The lowest BCUT2D eigenvalue weighted by atomic mass is 10.2. The molecule has 0 bridgehead atoms. The van der Waals surface area contributed by atoms with Gasteiger partial charge in [-0.2, -0.15) is 0 Å². The number of nitrogens with zero attached hydrogens (tertiary/aromatic N) is 4. The summed E-state index contributed by atoms with van der Waals surface area (Å²) in [5, 5.41) is 3.42. The topological polar surface area (TPSA) is 62.2 Å². The van der Waals surface area contributed by atoms with E-state index in [-0.39, 0.29) is 24.0 Å². The van der Waals surface area contributed by atoms with Crippen molar-refractivity contribution in [3.63, 3.8) is 0 Å². The normalized spacial score (nSPS) is 14.3. The largest absolute Gasteiger partial charge is 0.497 e. The lowest BCUT2D eigenvalue weighted by Gasteiger charge is -2.37. The third-order valence-corrected chi connectivity index (χ3v) is 4.71. The molecule has 28 heavy (non-hydrogen) atoms. The molecular formula is C20H28IN5O2. The number of nitrogens with one attached hydrogen (secondary N) is 1. The highest BCUT2D eigenvalue weighted by atomic mass is 127. The summed E-state index contributed by atoms with van der Waals surface area (Å²) in [7, 11) is 5.14. The summed E-state index contributed by atoms with van der Waals surface area (Å²) in [4.78, 5) is 13.3. The molecule has 2 aromatic rings. The van der Waals surface area contributed by atoms with E-state index >= 15 is 0 Å². The molecule has 0 atom stereocenters. The molecular weight excluding hydrogens is 469 g/mol. The molecule has 152 valence electrons. The number of guanidine groups is 1. The Morgan fingerprint density at radius 2 is 1.79 bits per heavy atom. The molecule has 1 fully saturated rings. The van der Waals surface area contributed by atoms with E-state index in [1.54, 1.807) is 20.4 Å². The molecule has 0 saturated carbocycles. The van der Waals surface area contributed by atoms with Gasteiger partial charge in [0.15, 0.2) is 5.96 Å². The van der Waals surface area contributed by atoms with Crippen LogP contribution in [0.5, 0.6) is 11.6 Å². The third kappa shape index (κ3) is 5.40. The standard InChI is InChI=1S/C20H27N5O2.HI/c1-21-20(23-15-16-5-4-10-22-19(16)27-3)25-13-11-24(12-14-25)17-6-8-18(26-2)9-7-17;/h4-10H,11-15H2,1-3H3,(H,21,23);1H. The maximum absolute atomic E-state index is 5.32. The van der Waals surface area contributed by atoms with Gasteiger partial charge in [0.05, 0.1) is 14.2 Å². The first-order valence-electron chi connectivity index (χ1n) is 9.07. The summed E-state index contributed by atoms with van der Waals surface area (Å²) < 4.78 is 10.6. The molecule has 3 rings (SSSR count). The first-order valence-corrected chi connectivity index (χ1v) is 9.07. The van der Waals surface area contributed by atoms with Crippen LogP contribution < -0.4 is 19.7 Å². The summed E-state index contributed by atoms with van der Waals surface area (Å²) in [6.45, 7) is 4.35. The van der Waals surface area contributed by atoms with Gasteiger partial charge in [-0.1, -0.05) is 6.07 Å². The Bertz CT molecular complexity index is 761. The summed E-state index contributed by atoms with van der Waals surface area (Å²) in [5.41, 5.74) is 2.23. The molecule has 1 saturated heterocycles. The zero-order chi connectivity index (χ0) is 19.1. The number of piperazine rings is 1. The first kappa shape index (κ1) is 22.1. The van der Waals surface area contributed by atoms with E-state index in [9.17, 15) is 0 Å². The summed E-state index contributed by atoms with van der Waals surface area (Å²) >= 11 is 0. The fourth-order valence-electron chi connectivity index (χ4n) is 3.22. The van der Waals surface area contributed by atoms with Crippen LogP contribution in [0.15, 0.2) is 47.6 Å². The SMILES string of the molecule is CN=C(NCc1cccnc1OC)N1CCN(c2ccc(OC)cc2)CC1.I. The van der Waals surface area contributed by atoms with Crippen LogP contribution in [0.2, 0.25) is 0 Å². The highest BCUT2D eigenvalue weighted by Crippen LogP contribution is 2.20. The van der Waals surface area contributed by atoms with E-state index in [1.165, 1.54) is 5.69 Å². The molecule has 8 heteroatoms. The molecule has 1 aliphatic rings. The van der Waals surface area contributed by atoms with Crippen LogP contribution in [-0.2, 0) is 6.54 Å². The molecule has 0 aliphatic carbocycles. The van der Waals surface area contributed by atoms with Crippen molar-refractivity contribution >= 4 is 35.6 Å². The van der Waals surface area contributed by atoms with E-state index in [4.69, 9.17) is 9.47 Å². The third-order valence-electron chi connectivity index (χ3n) is 4.71. The van der Waals surface area contributed by atoms with Gasteiger partial charge < -0.3 is 24.6 Å². The first-order chi connectivity index (χ1) is 13.2. The molecule has 1 aromatic carbocycles. The molecule has 1 aromatic heterocycles. The van der Waals surface area contributed by atoms with Crippen molar-refractivity contribution in [2.45, 2.75) is 6.54 Å². The van der Waals surface area contributed by atoms with E-state index < -0.39 is 0 Å². The Morgan fingerprint density at radius 1 is 1.07 bits per heavy atom. The molecule has 0 amide bonds. The smallest absolute Gasteiger partial charge is 0.218 e. The number of hydrogen-bond donors (Lipinski definition) is 1. The van der Waals surface area contributed by atoms with Gasteiger partial charge in [-0.3, -0.25) is 4.99 Å². The van der Waals surface area contributed by atoms with Crippen molar-refractivity contribution in [2.24, 2.45) is 4.99 Å². The van der Waals surface area contributed by atoms with Gasteiger partial charge in [-0.05, 0) is 30.3 Å². The van der Waals surface area contributed by atoms with E-state index in [0.29, 0.717) is 12.4 Å². The van der Waals surface area contributed by atoms with Gasteiger partial charge in [-0.25, -0.2) is 4.98 Å². The van der Waals surface area contributed by atoms with E-state index in [2.05, 4.69) is 37.2 Å². The molecule has 7 nitrogen and oxygen atoms in total. The van der Waals surface area contributed by atoms with E-state index in [1.807, 2.05) is 31.3 Å². The van der Waals surface area contributed by atoms with Crippen LogP contribution in [0, 0.1) is 0 Å². The molecule has 1 aliphatic heterocycles. The summed E-state index contributed by atoms with van der Waals surface area (Å²) in [6.07, 6.45) is 1.73. The maximum Gasteiger partial charge on any atom is 0.218 e. The fraction of sp³-hybridized carbons (Fsp3) is 0.400. The lowest BCUT2D eigenvalue weighted by Crippen LogP contribution is -2.52. The summed E-state index contributed by atoms with van der Waals surface area (Å²) in [5.74, 6) is 2.42. The number of hydrogen-bond acceptors (Lipinski definition) is 5. The monoisotopic (exact) mass is 497 g/mol. The Hall–Kier alpha value is -2.23. The number of pyridine rings is 1. The molecule has 2 heterocycles. The van der Waals surface area contributed by atoms with Gasteiger partial charge in [0.1, 0.15) is 5.75 Å². The number of ether oxygens (including phenoxy) is 2. The average Bonchev–Trinajstić information content (AvgIpc) is 2.75. The zero-order valence-electron chi connectivity index (χ0n) is 16.6. The van der Waals surface area contributed by atoms with Gasteiger partial charge in [0.25, 0.3) is 0 Å². The van der Waals surface area contributed by atoms with Crippen molar-refractivity contribution in [1.82, 2.24) is 15.2 Å². The van der Waals surface area contributed by atoms with E-state index in [0.717, 1.165) is 43.5 Å². The van der Waals surface area contributed by atoms with Crippen LogP contribution in [0.25, 0.3) is 0 Å². The Balaban J connectivity index is 0.00000280. The van der Waals surface area contributed by atoms with Crippen molar-refractivity contribution in [2.75, 3.05) is 52.3 Å². The fourth-order valence-corrected chi connectivity index (χ4v) is 3.22. The predicted molar refractivity (Wildman–Crippen MR) is 123 cm³/mol. The lowest BCUT2D eigenvalue weighted by molar-refractivity contribution is 0.370. The number of aliphatic imine (C=N–C) groups is 1. The highest BCUT2D eigenvalue weighted by Gasteiger charge is 2.20. The minimum atomic E-state index is 0. The Labute approximate surface area is 183 Å². The van der Waals surface area contributed by atoms with Crippen LogP contribution in [-0.4, -0.2) is 63.3 Å². The van der Waals surface area contributed by atoms with Crippen LogP contribution >= 0.6 is 24.0 Å². The van der Waals surface area contributed by atoms with Crippen LogP contribution in [0.3, 0.4) is 0 Å². The Kier molecular flexibility index (Phi) is 8.62. The van der Waals surface area contributed by atoms with Crippen molar-refractivity contribution in [3.05, 3.63) is 48.2 Å². The number of anilines is 1. The second kappa shape index (κ2) is 10.9. The second-order valence-corrected chi connectivity index (χ2v) is 6.24. The number of methoxy groups -OCH3 is 2. The minimum absolute atomic E-state index is 0. The van der Waals surface area contributed by atoms with Gasteiger partial charge in [-0.15, -0.1) is 24.0 Å². The van der Waals surface area contributed by atoms with Crippen molar-refractivity contribution < 1.29 is 9.47 Å².